The van der Waals surface area contributed by atoms with Gasteiger partial charge in [-0.15, -0.1) is 0 Å². The Hall–Kier alpha value is -3.74. The number of aliphatic carboxylic acids is 1. The van der Waals surface area contributed by atoms with Crippen LogP contribution < -0.4 is 16.8 Å². The highest BCUT2D eigenvalue weighted by Crippen LogP contribution is 2.10. The Kier molecular flexibility index (Phi) is 10.1. The molecule has 7 heteroatoms. The summed E-state index contributed by atoms with van der Waals surface area (Å²) < 4.78 is 0. The van der Waals surface area contributed by atoms with Gasteiger partial charge in [-0.1, -0.05) is 61.7 Å². The largest absolute Gasteiger partial charge is 0.481 e. The number of benzene rings is 1. The van der Waals surface area contributed by atoms with Crippen LogP contribution in [-0.2, 0) is 11.3 Å². The molecule has 0 heterocycles. The number of carbonyl (C=O) groups is 1. The monoisotopic (exact) mass is 395 g/mol. The van der Waals surface area contributed by atoms with Gasteiger partial charge in [0.1, 0.15) is 11.7 Å². The molecular weight excluding hydrogens is 366 g/mol. The molecule has 6 N–H and O–H groups in total. The van der Waals surface area contributed by atoms with Crippen molar-refractivity contribution >= 4 is 11.8 Å². The quantitative estimate of drug-likeness (QED) is 0.245. The van der Waals surface area contributed by atoms with Crippen LogP contribution in [0.3, 0.4) is 0 Å². The van der Waals surface area contributed by atoms with Crippen LogP contribution in [0.2, 0.25) is 0 Å². The zero-order valence-corrected chi connectivity index (χ0v) is 16.7. The minimum atomic E-state index is -0.914. The van der Waals surface area contributed by atoms with E-state index in [4.69, 9.17) is 16.6 Å². The van der Waals surface area contributed by atoms with Gasteiger partial charge >= 0.3 is 5.97 Å². The predicted molar refractivity (Wildman–Crippen MR) is 119 cm³/mol. The van der Waals surface area contributed by atoms with Gasteiger partial charge in [-0.3, -0.25) is 4.79 Å². The summed E-state index contributed by atoms with van der Waals surface area (Å²) in [6, 6.07) is 9.96. The topological polar surface area (TPSA) is 117 Å². The minimum Gasteiger partial charge on any atom is -0.481 e. The molecule has 1 aromatic rings. The van der Waals surface area contributed by atoms with Crippen molar-refractivity contribution < 1.29 is 9.90 Å². The first-order valence-electron chi connectivity index (χ1n) is 9.04. The maximum atomic E-state index is 10.8. The second-order valence-corrected chi connectivity index (χ2v) is 6.17. The van der Waals surface area contributed by atoms with E-state index >= 15 is 0 Å². The Labute approximate surface area is 172 Å². The Balaban J connectivity index is 2.99. The maximum Gasteiger partial charge on any atom is 0.305 e. The lowest BCUT2D eigenvalue weighted by molar-refractivity contribution is -0.136. The number of aliphatic imine (C=N–C) groups is 1. The van der Waals surface area contributed by atoms with Crippen molar-refractivity contribution in [1.82, 2.24) is 10.2 Å². The van der Waals surface area contributed by atoms with E-state index in [1.54, 1.807) is 30.4 Å². The summed E-state index contributed by atoms with van der Waals surface area (Å²) in [5, 5.41) is 11.8. The normalized spacial score (nSPS) is 12.7. The Bertz CT molecular complexity index is 823. The lowest BCUT2D eigenvalue weighted by atomic mass is 10.2. The molecule has 0 aliphatic heterocycles. The third-order valence-corrected chi connectivity index (χ3v) is 3.76. The van der Waals surface area contributed by atoms with Crippen molar-refractivity contribution in [1.29, 1.82) is 0 Å². The van der Waals surface area contributed by atoms with Crippen LogP contribution in [0.15, 0.2) is 96.1 Å². The minimum absolute atomic E-state index is 0.0630. The summed E-state index contributed by atoms with van der Waals surface area (Å²) in [5.74, 6) is -0.438. The van der Waals surface area contributed by atoms with Crippen molar-refractivity contribution in [3.05, 3.63) is 96.6 Å². The zero-order valence-electron chi connectivity index (χ0n) is 16.7. The number of allylic oxidation sites excluding steroid dienone is 5. The van der Waals surface area contributed by atoms with Gasteiger partial charge in [-0.2, -0.15) is 0 Å². The first-order valence-corrected chi connectivity index (χ1v) is 9.04. The SMILES string of the molecule is C=C\C=C/C=C(N)/C(N)=N\C(=C/C(=C)N(C)Cc1ccccc1)NCCC(=O)O. The Morgan fingerprint density at radius 1 is 1.28 bits per heavy atom. The number of amidine groups is 1. The number of nitrogens with zero attached hydrogens (tertiary/aromatic N) is 2. The van der Waals surface area contributed by atoms with E-state index in [1.165, 1.54) is 0 Å². The molecule has 0 spiro atoms. The molecule has 0 aliphatic rings. The molecule has 0 amide bonds. The molecule has 0 aromatic heterocycles. The molecule has 0 bridgehead atoms. The molecule has 0 atom stereocenters. The summed E-state index contributed by atoms with van der Waals surface area (Å²) in [6.07, 6.45) is 8.26. The van der Waals surface area contributed by atoms with Crippen LogP contribution in [0.25, 0.3) is 0 Å². The lowest BCUT2D eigenvalue weighted by Crippen LogP contribution is -2.25. The average Bonchev–Trinajstić information content (AvgIpc) is 2.68. The number of carboxylic acid groups (broad SMARTS) is 1. The first-order chi connectivity index (χ1) is 13.8. The van der Waals surface area contributed by atoms with Crippen molar-refractivity contribution in [3.8, 4) is 0 Å². The van der Waals surface area contributed by atoms with Crippen molar-refractivity contribution in [2.24, 2.45) is 16.5 Å². The molecule has 1 rings (SSSR count). The van der Waals surface area contributed by atoms with Crippen LogP contribution in [0.4, 0.5) is 0 Å². The van der Waals surface area contributed by atoms with Gasteiger partial charge in [0.2, 0.25) is 0 Å². The molecule has 0 unspecified atom stereocenters. The lowest BCUT2D eigenvalue weighted by Gasteiger charge is -2.20. The number of nitrogens with one attached hydrogen (secondary N) is 1. The van der Waals surface area contributed by atoms with Gasteiger partial charge in [-0.25, -0.2) is 4.99 Å². The summed E-state index contributed by atoms with van der Waals surface area (Å²) in [6.45, 7) is 8.49. The van der Waals surface area contributed by atoms with Crippen LogP contribution >= 0.6 is 0 Å². The summed E-state index contributed by atoms with van der Waals surface area (Å²) in [4.78, 5) is 17.0. The van der Waals surface area contributed by atoms with E-state index < -0.39 is 5.97 Å². The highest BCUT2D eigenvalue weighted by molar-refractivity contribution is 5.96. The van der Waals surface area contributed by atoms with E-state index in [9.17, 15) is 4.79 Å². The second kappa shape index (κ2) is 12.6. The van der Waals surface area contributed by atoms with E-state index in [-0.39, 0.29) is 24.5 Å². The van der Waals surface area contributed by atoms with Gasteiger partial charge in [0.15, 0.2) is 0 Å². The van der Waals surface area contributed by atoms with Crippen LogP contribution in [0.5, 0.6) is 0 Å². The summed E-state index contributed by atoms with van der Waals surface area (Å²) in [5.41, 5.74) is 14.0. The molecule has 0 saturated heterocycles. The van der Waals surface area contributed by atoms with Gasteiger partial charge < -0.3 is 26.8 Å². The highest BCUT2D eigenvalue weighted by Gasteiger charge is 2.06. The molecule has 1 aromatic carbocycles. The van der Waals surface area contributed by atoms with Gasteiger partial charge in [0.25, 0.3) is 0 Å². The fourth-order valence-corrected chi connectivity index (χ4v) is 2.16. The number of carboxylic acids is 1. The van der Waals surface area contributed by atoms with Crippen molar-refractivity contribution in [3.63, 3.8) is 0 Å². The molecule has 0 fully saturated rings. The number of likely N-dealkylation sites (N-methyl/N-ethyl adjacent to an activating group) is 1. The third kappa shape index (κ3) is 9.67. The maximum absolute atomic E-state index is 10.8. The van der Waals surface area contributed by atoms with Crippen molar-refractivity contribution in [2.75, 3.05) is 13.6 Å². The molecular formula is C22H29N5O2. The molecule has 154 valence electrons. The molecule has 0 saturated carbocycles. The zero-order chi connectivity index (χ0) is 21.6. The fraction of sp³-hybridized carbons (Fsp3) is 0.182. The van der Waals surface area contributed by atoms with E-state index in [2.05, 4.69) is 23.5 Å². The average molecular weight is 396 g/mol. The molecule has 7 nitrogen and oxygen atoms in total. The van der Waals surface area contributed by atoms with E-state index in [0.717, 1.165) is 5.56 Å². The van der Waals surface area contributed by atoms with Gasteiger partial charge in [0.05, 0.1) is 12.1 Å². The molecule has 29 heavy (non-hydrogen) atoms. The smallest absolute Gasteiger partial charge is 0.305 e. The predicted octanol–water partition coefficient (Wildman–Crippen LogP) is 2.48. The highest BCUT2D eigenvalue weighted by atomic mass is 16.4. The van der Waals surface area contributed by atoms with Gasteiger partial charge in [0, 0.05) is 31.9 Å². The van der Waals surface area contributed by atoms with Crippen molar-refractivity contribution in [2.45, 2.75) is 13.0 Å². The number of hydrogen-bond donors (Lipinski definition) is 4. The molecule has 0 radical (unpaired) electrons. The Morgan fingerprint density at radius 2 is 1.97 bits per heavy atom. The fourth-order valence-electron chi connectivity index (χ4n) is 2.16. The molecule has 0 aliphatic carbocycles. The van der Waals surface area contributed by atoms with Gasteiger partial charge in [-0.05, 0) is 11.6 Å². The second-order valence-electron chi connectivity index (χ2n) is 6.17. The first kappa shape index (κ1) is 23.3. The summed E-state index contributed by atoms with van der Waals surface area (Å²) >= 11 is 0. The standard InChI is InChI=1S/C22H29N5O2/c1-4-5-7-12-19(23)22(24)26-20(25-14-13-21(28)29)15-17(2)27(3)16-18-10-8-6-9-11-18/h4-12,15,25H,1-2,13-14,16,23H2,3H3,(H2,24,26)(H,28,29)/b7-5-,19-12-,20-15-. The number of rotatable bonds is 12. The number of nitrogens with two attached hydrogens (primary N) is 2. The Morgan fingerprint density at radius 3 is 2.59 bits per heavy atom. The van der Waals surface area contributed by atoms with E-state index in [1.807, 2.05) is 42.3 Å². The summed E-state index contributed by atoms with van der Waals surface area (Å²) in [7, 11) is 1.90. The van der Waals surface area contributed by atoms with Crippen LogP contribution in [0, 0.1) is 0 Å². The number of hydrogen-bond acceptors (Lipinski definition) is 5. The van der Waals surface area contributed by atoms with Crippen LogP contribution in [-0.4, -0.2) is 35.4 Å². The van der Waals surface area contributed by atoms with Crippen LogP contribution in [0.1, 0.15) is 12.0 Å². The third-order valence-electron chi connectivity index (χ3n) is 3.76. The van der Waals surface area contributed by atoms with E-state index in [0.29, 0.717) is 18.1 Å².